The Bertz CT molecular complexity index is 920. The van der Waals surface area contributed by atoms with Gasteiger partial charge in [-0.3, -0.25) is 14.4 Å². The Morgan fingerprint density at radius 3 is 2.27 bits per heavy atom. The molecular weight excluding hydrogens is 380 g/mol. The molecule has 0 atom stereocenters. The molecule has 2 aromatic rings. The molecule has 0 aliphatic carbocycles. The van der Waals surface area contributed by atoms with Gasteiger partial charge < -0.3 is 20.9 Å². The summed E-state index contributed by atoms with van der Waals surface area (Å²) in [5, 5.41) is 8.66. The van der Waals surface area contributed by atoms with Gasteiger partial charge in [0.1, 0.15) is 0 Å². The van der Waals surface area contributed by atoms with E-state index >= 15 is 0 Å². The van der Waals surface area contributed by atoms with Crippen LogP contribution in [-0.4, -0.2) is 48.3 Å². The number of nitrogens with zero attached hydrogens (tertiary/aromatic N) is 1. The highest BCUT2D eigenvalue weighted by atomic mass is 16.2. The van der Waals surface area contributed by atoms with Crippen LogP contribution in [0.3, 0.4) is 0 Å². The van der Waals surface area contributed by atoms with E-state index in [9.17, 15) is 14.4 Å². The number of benzene rings is 2. The van der Waals surface area contributed by atoms with Gasteiger partial charge in [0.25, 0.3) is 11.8 Å². The predicted molar refractivity (Wildman–Crippen MR) is 118 cm³/mol. The number of carbonyl (C=O) groups is 3. The van der Waals surface area contributed by atoms with E-state index in [4.69, 9.17) is 0 Å². The largest absolute Gasteiger partial charge is 0.376 e. The Morgan fingerprint density at radius 2 is 1.57 bits per heavy atom. The number of carbonyl (C=O) groups excluding carboxylic acids is 3. The molecule has 0 unspecified atom stereocenters. The van der Waals surface area contributed by atoms with E-state index in [1.807, 2.05) is 24.8 Å². The van der Waals surface area contributed by atoms with Crippen LogP contribution in [0.2, 0.25) is 0 Å². The van der Waals surface area contributed by atoms with E-state index in [0.29, 0.717) is 22.5 Å². The monoisotopic (exact) mass is 408 g/mol. The normalized spacial score (nSPS) is 13.2. The number of hydrogen-bond donors (Lipinski definition) is 3. The maximum atomic E-state index is 12.5. The second-order valence-electron chi connectivity index (χ2n) is 7.69. The lowest BCUT2D eigenvalue weighted by molar-refractivity contribution is -0.114. The minimum Gasteiger partial charge on any atom is -0.376 e. The van der Waals surface area contributed by atoms with E-state index in [1.54, 1.807) is 42.5 Å². The van der Waals surface area contributed by atoms with Gasteiger partial charge in [0.15, 0.2) is 0 Å². The van der Waals surface area contributed by atoms with Crippen molar-refractivity contribution < 1.29 is 14.4 Å². The molecule has 0 bridgehead atoms. The smallest absolute Gasteiger partial charge is 0.253 e. The zero-order chi connectivity index (χ0) is 21.5. The molecular formula is C23H28N4O3. The molecule has 7 heteroatoms. The first kappa shape index (κ1) is 21.4. The topological polar surface area (TPSA) is 90.5 Å². The SMILES string of the molecule is CC(C)NC(=O)c1cccc(NC(=O)CNc2cccc(C(=O)N3CCCC3)c2)c1. The molecule has 3 rings (SSSR count). The first-order valence-corrected chi connectivity index (χ1v) is 10.3. The van der Waals surface area contributed by atoms with E-state index in [-0.39, 0.29) is 30.3 Å². The van der Waals surface area contributed by atoms with Crippen molar-refractivity contribution in [2.24, 2.45) is 0 Å². The van der Waals surface area contributed by atoms with Gasteiger partial charge in [-0.1, -0.05) is 12.1 Å². The highest BCUT2D eigenvalue weighted by Gasteiger charge is 2.19. The molecule has 2 aromatic carbocycles. The molecule has 1 aliphatic heterocycles. The minimum absolute atomic E-state index is 0.0251. The fraction of sp³-hybridized carbons (Fsp3) is 0.348. The molecule has 30 heavy (non-hydrogen) atoms. The third-order valence-corrected chi connectivity index (χ3v) is 4.78. The number of likely N-dealkylation sites (tertiary alicyclic amines) is 1. The van der Waals surface area contributed by atoms with Crippen LogP contribution in [-0.2, 0) is 4.79 Å². The quantitative estimate of drug-likeness (QED) is 0.657. The summed E-state index contributed by atoms with van der Waals surface area (Å²) in [4.78, 5) is 38.8. The summed E-state index contributed by atoms with van der Waals surface area (Å²) < 4.78 is 0. The van der Waals surface area contributed by atoms with Gasteiger partial charge in [-0.2, -0.15) is 0 Å². The van der Waals surface area contributed by atoms with Crippen LogP contribution < -0.4 is 16.0 Å². The average Bonchev–Trinajstić information content (AvgIpc) is 3.26. The summed E-state index contributed by atoms with van der Waals surface area (Å²) in [6, 6.07) is 14.0. The Morgan fingerprint density at radius 1 is 0.933 bits per heavy atom. The molecule has 7 nitrogen and oxygen atoms in total. The molecule has 0 radical (unpaired) electrons. The van der Waals surface area contributed by atoms with Crippen molar-refractivity contribution in [1.82, 2.24) is 10.2 Å². The lowest BCUT2D eigenvalue weighted by atomic mass is 10.1. The zero-order valence-electron chi connectivity index (χ0n) is 17.4. The maximum absolute atomic E-state index is 12.5. The second-order valence-corrected chi connectivity index (χ2v) is 7.69. The first-order chi connectivity index (χ1) is 14.4. The summed E-state index contributed by atoms with van der Waals surface area (Å²) in [5.74, 6) is -0.400. The Hall–Kier alpha value is -3.35. The molecule has 1 aliphatic rings. The van der Waals surface area contributed by atoms with Crippen LogP contribution in [0.4, 0.5) is 11.4 Å². The van der Waals surface area contributed by atoms with Gasteiger partial charge in [0, 0.05) is 41.6 Å². The minimum atomic E-state index is -0.243. The van der Waals surface area contributed by atoms with Gasteiger partial charge in [-0.05, 0) is 63.1 Å². The molecule has 1 heterocycles. The van der Waals surface area contributed by atoms with Crippen LogP contribution in [0.15, 0.2) is 48.5 Å². The van der Waals surface area contributed by atoms with Crippen LogP contribution in [0.25, 0.3) is 0 Å². The van der Waals surface area contributed by atoms with E-state index in [2.05, 4.69) is 16.0 Å². The Kier molecular flexibility index (Phi) is 7.06. The van der Waals surface area contributed by atoms with E-state index in [0.717, 1.165) is 25.9 Å². The van der Waals surface area contributed by atoms with Crippen LogP contribution in [0.1, 0.15) is 47.4 Å². The van der Waals surface area contributed by atoms with Gasteiger partial charge in [-0.25, -0.2) is 0 Å². The molecule has 1 fully saturated rings. The van der Waals surface area contributed by atoms with Crippen LogP contribution >= 0.6 is 0 Å². The molecule has 0 aromatic heterocycles. The summed E-state index contributed by atoms with van der Waals surface area (Å²) >= 11 is 0. The van der Waals surface area contributed by atoms with Crippen molar-refractivity contribution in [2.45, 2.75) is 32.7 Å². The maximum Gasteiger partial charge on any atom is 0.253 e. The number of nitrogens with one attached hydrogen (secondary N) is 3. The third kappa shape index (κ3) is 5.83. The zero-order valence-corrected chi connectivity index (χ0v) is 17.4. The predicted octanol–water partition coefficient (Wildman–Crippen LogP) is 3.11. The van der Waals surface area contributed by atoms with Gasteiger partial charge in [0.05, 0.1) is 6.54 Å². The van der Waals surface area contributed by atoms with Crippen molar-refractivity contribution in [3.63, 3.8) is 0 Å². The summed E-state index contributed by atoms with van der Waals surface area (Å²) in [6.45, 7) is 5.43. The highest BCUT2D eigenvalue weighted by molar-refractivity contribution is 5.98. The average molecular weight is 409 g/mol. The number of amides is 3. The van der Waals surface area contributed by atoms with E-state index in [1.165, 1.54) is 0 Å². The van der Waals surface area contributed by atoms with E-state index < -0.39 is 0 Å². The van der Waals surface area contributed by atoms with Gasteiger partial charge in [-0.15, -0.1) is 0 Å². The van der Waals surface area contributed by atoms with Gasteiger partial charge in [0.2, 0.25) is 5.91 Å². The van der Waals surface area contributed by atoms with Crippen LogP contribution in [0.5, 0.6) is 0 Å². The highest BCUT2D eigenvalue weighted by Crippen LogP contribution is 2.16. The Labute approximate surface area is 176 Å². The van der Waals surface area contributed by atoms with Crippen molar-refractivity contribution in [1.29, 1.82) is 0 Å². The first-order valence-electron chi connectivity index (χ1n) is 10.3. The van der Waals surface area contributed by atoms with Crippen LogP contribution in [0, 0.1) is 0 Å². The molecule has 158 valence electrons. The standard InChI is InChI=1S/C23H28N4O3/c1-16(2)25-22(29)17-7-5-10-20(13-17)26-21(28)15-24-19-9-6-8-18(14-19)23(30)27-11-3-4-12-27/h5-10,13-14,16,24H,3-4,11-12,15H2,1-2H3,(H,25,29)(H,26,28). The fourth-order valence-electron chi connectivity index (χ4n) is 3.34. The molecule has 0 spiro atoms. The van der Waals surface area contributed by atoms with Crippen molar-refractivity contribution >= 4 is 29.1 Å². The second kappa shape index (κ2) is 9.91. The summed E-state index contributed by atoms with van der Waals surface area (Å²) in [6.07, 6.45) is 2.09. The molecule has 3 N–H and O–H groups in total. The third-order valence-electron chi connectivity index (χ3n) is 4.78. The lowest BCUT2D eigenvalue weighted by Gasteiger charge is -2.16. The molecule has 0 saturated carbocycles. The van der Waals surface area contributed by atoms with Crippen molar-refractivity contribution in [3.05, 3.63) is 59.7 Å². The number of hydrogen-bond acceptors (Lipinski definition) is 4. The fourth-order valence-corrected chi connectivity index (χ4v) is 3.34. The summed E-state index contributed by atoms with van der Waals surface area (Å²) in [5.41, 5.74) is 2.37. The number of rotatable bonds is 7. The van der Waals surface area contributed by atoms with Crippen molar-refractivity contribution in [3.8, 4) is 0 Å². The summed E-state index contributed by atoms with van der Waals surface area (Å²) in [7, 11) is 0. The Balaban J connectivity index is 1.55. The number of anilines is 2. The lowest BCUT2D eigenvalue weighted by Crippen LogP contribution is -2.30. The van der Waals surface area contributed by atoms with Crippen molar-refractivity contribution in [2.75, 3.05) is 30.3 Å². The van der Waals surface area contributed by atoms with Gasteiger partial charge >= 0.3 is 0 Å². The molecule has 1 saturated heterocycles. The molecule has 3 amide bonds.